The van der Waals surface area contributed by atoms with Crippen LogP contribution in [0.3, 0.4) is 0 Å². The maximum atomic E-state index is 12.0. The number of esters is 1. The summed E-state index contributed by atoms with van der Waals surface area (Å²) >= 11 is 0. The van der Waals surface area contributed by atoms with Crippen LogP contribution in [0, 0.1) is 5.92 Å². The summed E-state index contributed by atoms with van der Waals surface area (Å²) in [7, 11) is 0. The summed E-state index contributed by atoms with van der Waals surface area (Å²) < 4.78 is 16.2. The van der Waals surface area contributed by atoms with Gasteiger partial charge < -0.3 is 19.5 Å². The smallest absolute Gasteiger partial charge is 0.407 e. The van der Waals surface area contributed by atoms with Gasteiger partial charge in [0.1, 0.15) is 18.5 Å². The van der Waals surface area contributed by atoms with Gasteiger partial charge in [-0.3, -0.25) is 4.79 Å². The van der Waals surface area contributed by atoms with Crippen molar-refractivity contribution in [2.24, 2.45) is 5.92 Å². The Hall–Kier alpha value is -2.50. The van der Waals surface area contributed by atoms with E-state index < -0.39 is 6.09 Å². The number of hydrogen-bond donors (Lipinski definition) is 1. The lowest BCUT2D eigenvalue weighted by Crippen LogP contribution is -2.31. The first-order valence-corrected chi connectivity index (χ1v) is 10.5. The fourth-order valence-electron chi connectivity index (χ4n) is 3.54. The quantitative estimate of drug-likeness (QED) is 0.336. The van der Waals surface area contributed by atoms with E-state index in [1.807, 2.05) is 12.1 Å². The van der Waals surface area contributed by atoms with Gasteiger partial charge in [0.25, 0.3) is 0 Å². The molecule has 1 aliphatic carbocycles. The van der Waals surface area contributed by atoms with Gasteiger partial charge in [-0.2, -0.15) is 0 Å². The van der Waals surface area contributed by atoms with Gasteiger partial charge in [0.05, 0.1) is 13.2 Å². The number of allylic oxidation sites excluding steroid dienone is 1. The molecule has 0 heterocycles. The number of ether oxygens (including phenoxy) is 3. The number of nitrogens with one attached hydrogen (secondary N) is 1. The topological polar surface area (TPSA) is 73.9 Å². The fraction of sp³-hybridized carbons (Fsp3) is 0.565. The Morgan fingerprint density at radius 1 is 1.21 bits per heavy atom. The average molecular weight is 404 g/mol. The van der Waals surface area contributed by atoms with Crippen molar-refractivity contribution in [3.63, 3.8) is 0 Å². The molecule has 1 saturated carbocycles. The Bertz CT molecular complexity index is 643. The van der Waals surface area contributed by atoms with Crippen molar-refractivity contribution in [1.82, 2.24) is 5.32 Å². The molecule has 2 atom stereocenters. The molecule has 0 spiro atoms. The summed E-state index contributed by atoms with van der Waals surface area (Å²) in [6.07, 6.45) is 7.60. The number of carbonyl (C=O) groups excluding carboxylic acids is 2. The second-order valence-corrected chi connectivity index (χ2v) is 7.24. The van der Waals surface area contributed by atoms with Crippen LogP contribution in [0.1, 0.15) is 51.0 Å². The predicted molar refractivity (Wildman–Crippen MR) is 112 cm³/mol. The molecule has 1 amide bonds. The normalized spacial score (nSPS) is 18.5. The van der Waals surface area contributed by atoms with Crippen LogP contribution >= 0.6 is 0 Å². The second-order valence-electron chi connectivity index (χ2n) is 7.24. The molecule has 29 heavy (non-hydrogen) atoms. The van der Waals surface area contributed by atoms with Crippen molar-refractivity contribution in [3.8, 4) is 5.75 Å². The molecule has 6 heteroatoms. The van der Waals surface area contributed by atoms with Crippen molar-refractivity contribution < 1.29 is 23.8 Å². The van der Waals surface area contributed by atoms with Crippen molar-refractivity contribution in [2.45, 2.75) is 58.0 Å². The van der Waals surface area contributed by atoms with Crippen molar-refractivity contribution in [1.29, 1.82) is 0 Å². The zero-order chi connectivity index (χ0) is 20.9. The molecule has 0 bridgehead atoms. The first-order valence-electron chi connectivity index (χ1n) is 10.5. The van der Waals surface area contributed by atoms with Crippen LogP contribution in [0.2, 0.25) is 0 Å². The Morgan fingerprint density at radius 2 is 1.97 bits per heavy atom. The molecule has 1 aromatic carbocycles. The van der Waals surface area contributed by atoms with E-state index in [-0.39, 0.29) is 12.1 Å². The molecular weight excluding hydrogens is 370 g/mol. The SMILES string of the molecule is C=CCCC(=O)O[C@@H]1CCCC[C@@H]1Cc1ccc(OCCNC(=O)OCC)cc1. The minimum Gasteiger partial charge on any atom is -0.492 e. The minimum absolute atomic E-state index is 0.00550. The van der Waals surface area contributed by atoms with Gasteiger partial charge in [0, 0.05) is 6.42 Å². The van der Waals surface area contributed by atoms with Crippen LogP contribution in [0.25, 0.3) is 0 Å². The maximum Gasteiger partial charge on any atom is 0.407 e. The van der Waals surface area contributed by atoms with Crippen LogP contribution in [-0.4, -0.2) is 37.9 Å². The zero-order valence-corrected chi connectivity index (χ0v) is 17.4. The molecule has 0 aromatic heterocycles. The van der Waals surface area contributed by atoms with E-state index in [2.05, 4.69) is 24.0 Å². The molecule has 2 rings (SSSR count). The number of amides is 1. The van der Waals surface area contributed by atoms with E-state index in [1.54, 1.807) is 13.0 Å². The van der Waals surface area contributed by atoms with Gasteiger partial charge in [-0.15, -0.1) is 6.58 Å². The Balaban J connectivity index is 1.78. The van der Waals surface area contributed by atoms with E-state index in [4.69, 9.17) is 14.2 Å². The largest absolute Gasteiger partial charge is 0.492 e. The number of alkyl carbamates (subject to hydrolysis) is 1. The van der Waals surface area contributed by atoms with Gasteiger partial charge in [0.15, 0.2) is 0 Å². The first-order chi connectivity index (χ1) is 14.1. The van der Waals surface area contributed by atoms with Gasteiger partial charge in [-0.25, -0.2) is 4.79 Å². The second kappa shape index (κ2) is 12.9. The standard InChI is InChI=1S/C23H33NO5/c1-3-5-10-22(25)29-21-9-7-6-8-19(21)17-18-11-13-20(14-12-18)28-16-15-24-23(26)27-4-2/h3,11-14,19,21H,1,4-10,15-17H2,2H3,(H,24,26)/t19-,21-/m1/s1. The lowest BCUT2D eigenvalue weighted by atomic mass is 9.82. The molecule has 0 aliphatic heterocycles. The van der Waals surface area contributed by atoms with Crippen LogP contribution in [-0.2, 0) is 20.7 Å². The average Bonchev–Trinajstić information content (AvgIpc) is 2.72. The third-order valence-corrected chi connectivity index (χ3v) is 5.01. The molecule has 0 unspecified atom stereocenters. The van der Waals surface area contributed by atoms with Crippen molar-refractivity contribution in [2.75, 3.05) is 19.8 Å². The minimum atomic E-state index is -0.432. The molecule has 0 radical (unpaired) electrons. The van der Waals surface area contributed by atoms with E-state index >= 15 is 0 Å². The zero-order valence-electron chi connectivity index (χ0n) is 17.4. The lowest BCUT2D eigenvalue weighted by Gasteiger charge is -2.31. The summed E-state index contributed by atoms with van der Waals surface area (Å²) in [5.74, 6) is 0.995. The maximum absolute atomic E-state index is 12.0. The van der Waals surface area contributed by atoms with Gasteiger partial charge in [-0.05, 0) is 62.6 Å². The lowest BCUT2D eigenvalue weighted by molar-refractivity contribution is -0.153. The molecular formula is C23H33NO5. The molecule has 1 aliphatic rings. The number of benzene rings is 1. The van der Waals surface area contributed by atoms with Gasteiger partial charge in [0.2, 0.25) is 0 Å². The Labute approximate surface area is 173 Å². The predicted octanol–water partition coefficient (Wildman–Crippen LogP) is 4.42. The highest BCUT2D eigenvalue weighted by atomic mass is 16.5. The molecule has 1 N–H and O–H groups in total. The van der Waals surface area contributed by atoms with Crippen LogP contribution in [0.15, 0.2) is 36.9 Å². The Morgan fingerprint density at radius 3 is 2.69 bits per heavy atom. The number of carbonyl (C=O) groups is 2. The highest BCUT2D eigenvalue weighted by Crippen LogP contribution is 2.30. The molecule has 6 nitrogen and oxygen atoms in total. The highest BCUT2D eigenvalue weighted by molar-refractivity contribution is 5.69. The summed E-state index contributed by atoms with van der Waals surface area (Å²) in [4.78, 5) is 23.2. The fourth-order valence-corrected chi connectivity index (χ4v) is 3.54. The first kappa shape index (κ1) is 22.8. The van der Waals surface area contributed by atoms with Crippen molar-refractivity contribution in [3.05, 3.63) is 42.5 Å². The van der Waals surface area contributed by atoms with Gasteiger partial charge in [-0.1, -0.05) is 24.6 Å². The summed E-state index contributed by atoms with van der Waals surface area (Å²) in [5, 5.41) is 2.62. The van der Waals surface area contributed by atoms with Crippen LogP contribution in [0.5, 0.6) is 5.75 Å². The third-order valence-electron chi connectivity index (χ3n) is 5.01. The van der Waals surface area contributed by atoms with E-state index in [0.717, 1.165) is 31.4 Å². The molecule has 1 fully saturated rings. The monoisotopic (exact) mass is 403 g/mol. The molecule has 160 valence electrons. The summed E-state index contributed by atoms with van der Waals surface area (Å²) in [6, 6.07) is 7.99. The van der Waals surface area contributed by atoms with E-state index in [9.17, 15) is 9.59 Å². The van der Waals surface area contributed by atoms with E-state index in [1.165, 1.54) is 12.0 Å². The van der Waals surface area contributed by atoms with Crippen LogP contribution < -0.4 is 10.1 Å². The third kappa shape index (κ3) is 8.59. The Kier molecular flexibility index (Phi) is 10.1. The summed E-state index contributed by atoms with van der Waals surface area (Å²) in [5.41, 5.74) is 1.21. The number of rotatable bonds is 11. The molecule has 0 saturated heterocycles. The molecule has 1 aromatic rings. The highest BCUT2D eigenvalue weighted by Gasteiger charge is 2.28. The van der Waals surface area contributed by atoms with E-state index in [0.29, 0.717) is 38.5 Å². The van der Waals surface area contributed by atoms with Crippen LogP contribution in [0.4, 0.5) is 4.79 Å². The number of hydrogen-bond acceptors (Lipinski definition) is 5. The summed E-state index contributed by atoms with van der Waals surface area (Å²) in [6.45, 7) is 6.54. The van der Waals surface area contributed by atoms with Crippen molar-refractivity contribution >= 4 is 12.1 Å². The van der Waals surface area contributed by atoms with Gasteiger partial charge >= 0.3 is 12.1 Å².